The van der Waals surface area contributed by atoms with Crippen LogP contribution in [0, 0.1) is 142 Å². The molecule has 24 atom stereocenters. The van der Waals surface area contributed by atoms with Crippen LogP contribution in [0.5, 0.6) is 11.5 Å². The lowest BCUT2D eigenvalue weighted by Gasteiger charge is -2.36. The zero-order valence-electron chi connectivity index (χ0n) is 62.2. The lowest BCUT2D eigenvalue weighted by atomic mass is 9.65. The number of carbonyl (C=O) groups excluding carboxylic acids is 8. The number of carbonyl (C=O) groups is 8. The molecule has 4 saturated heterocycles. The molecule has 13 aliphatic carbocycles. The van der Waals surface area contributed by atoms with Gasteiger partial charge >= 0.3 is 0 Å². The van der Waals surface area contributed by atoms with E-state index >= 15 is 0 Å². The van der Waals surface area contributed by atoms with Crippen molar-refractivity contribution in [1.82, 2.24) is 4.90 Å². The van der Waals surface area contributed by atoms with E-state index in [9.17, 15) is 38.4 Å². The largest absolute Gasteiger partial charge is 0.495 e. The first-order chi connectivity index (χ1) is 55.3. The van der Waals surface area contributed by atoms with Crippen LogP contribution in [-0.4, -0.2) is 66.4 Å². The molecule has 2 aromatic heterocycles. The van der Waals surface area contributed by atoms with E-state index < -0.39 is 0 Å². The number of fused-ring (bicyclic) bond motifs is 43. The smallest absolute Gasteiger partial charge is 0.238 e. The number of imide groups is 4. The molecule has 113 heavy (non-hydrogen) atoms. The maximum absolute atomic E-state index is 13.8. The van der Waals surface area contributed by atoms with Crippen molar-refractivity contribution in [3.8, 4) is 33.8 Å². The first kappa shape index (κ1) is 66.1. The van der Waals surface area contributed by atoms with Crippen LogP contribution in [0.3, 0.4) is 0 Å². The summed E-state index contributed by atoms with van der Waals surface area (Å²) in [6.07, 6.45) is 24.5. The fourth-order valence-corrected chi connectivity index (χ4v) is 27.1. The van der Waals surface area contributed by atoms with Gasteiger partial charge < -0.3 is 18.3 Å². The maximum atomic E-state index is 13.8. The zero-order valence-corrected chi connectivity index (χ0v) is 62.2. The number of furan rings is 2. The van der Waals surface area contributed by atoms with Crippen LogP contribution in [0.4, 0.5) is 17.1 Å². The summed E-state index contributed by atoms with van der Waals surface area (Å²) < 4.78 is 23.3. The molecule has 8 amide bonds. The van der Waals surface area contributed by atoms with Gasteiger partial charge in [-0.25, -0.2) is 9.80 Å². The zero-order chi connectivity index (χ0) is 75.6. The molecule has 8 saturated carbocycles. The predicted molar refractivity (Wildman–Crippen MR) is 423 cm³/mol. The van der Waals surface area contributed by atoms with Crippen molar-refractivity contribution in [2.45, 2.75) is 44.6 Å². The Morgan fingerprint density at radius 1 is 0.301 bits per heavy atom. The standard InChI is InChI=1S/C27H23NO4.C26H23NO2.C22H17NO4.C22H17NO2/c1-31-21-10-15-14-4-2-3-5-19(14)32-20(15)11-18(21)28-26(29)24-16-9-17(25(24)27(28)30)23-13-7-6-12(8-13)22(16)23;28-25-23-19-13-20(22-17-10-9-16(11-17)21(19)22)24(23)26(29)27(25)18-8-4-7-15(12-18)14-5-2-1-3-6-14;1-26-18-9-14-13-4-2-3-5-16(13)27-17(14)10-15(18)23-21(24)19-11-6-7-12(8-11)20(19)22(23)25;24-21-18-12-9-10-13(11-12)19(18)22(25)23(21)20-16-7-3-1-5-14(16)15-6-2-4-8-17(15)20/h2-7,10-13,16-17,22-25H,8-9H2,1H3;1-10,12,16-17,19-24H,11,13H2;2-7,9-12,19-20H,8H2,1H3;1-10,12-13,18-20H,11H2. The fraction of sp³-hybridized carbons (Fsp3) is 0.340. The highest BCUT2D eigenvalue weighted by Crippen LogP contribution is 2.73. The van der Waals surface area contributed by atoms with Crippen LogP contribution in [0.2, 0.25) is 0 Å². The van der Waals surface area contributed by atoms with E-state index in [0.29, 0.717) is 105 Å². The Morgan fingerprint density at radius 2 is 0.655 bits per heavy atom. The van der Waals surface area contributed by atoms with E-state index in [-0.39, 0.29) is 124 Å². The first-order valence-corrected chi connectivity index (χ1v) is 40.9. The van der Waals surface area contributed by atoms with E-state index in [4.69, 9.17) is 18.3 Å². The van der Waals surface area contributed by atoms with Crippen molar-refractivity contribution in [2.75, 3.05) is 28.9 Å². The van der Waals surface area contributed by atoms with Crippen LogP contribution >= 0.6 is 0 Å². The number of anilines is 3. The number of nitrogens with zero attached hydrogens (tertiary/aromatic N) is 4. The van der Waals surface area contributed by atoms with Crippen molar-refractivity contribution in [3.63, 3.8) is 0 Å². The van der Waals surface area contributed by atoms with Gasteiger partial charge in [0.05, 0.1) is 84.7 Å². The Labute approximate surface area is 651 Å². The van der Waals surface area contributed by atoms with Gasteiger partial charge in [-0.1, -0.05) is 176 Å². The second kappa shape index (κ2) is 24.0. The highest BCUT2D eigenvalue weighted by Gasteiger charge is 2.73. The van der Waals surface area contributed by atoms with Gasteiger partial charge in [0.15, 0.2) is 0 Å². The second-order valence-corrected chi connectivity index (χ2v) is 35.2. The van der Waals surface area contributed by atoms with Gasteiger partial charge in [-0.2, -0.15) is 0 Å². The van der Waals surface area contributed by atoms with Crippen molar-refractivity contribution >= 4 is 108 Å². The van der Waals surface area contributed by atoms with E-state index in [1.165, 1.54) is 27.5 Å². The van der Waals surface area contributed by atoms with E-state index in [1.807, 2.05) is 133 Å². The number of benzene rings is 8. The molecule has 16 nitrogen and oxygen atoms in total. The number of likely N-dealkylation sites (tertiary alicyclic amines) is 1. The molecule has 8 aromatic carbocycles. The SMILES string of the molecule is COc1cc2c(cc1N1C(=O)C3C4C=CC(C4)C3C1=O)oc1ccccc12.COc1cc2c(cc1N1C(=O)C3C4CC(C3C1=O)C1C3C=CC(C3)C41)oc1ccccc12.O=C1C2C3C=CC(C3)C2C(=O)N1C1c2ccccc2-c2ccccc21.O=C1C2C3CC(C2C(=O)N1c1cccc(-c2ccccc2)c1)C1C2C=CC(C2)C31. The molecule has 0 radical (unpaired) electrons. The van der Waals surface area contributed by atoms with Gasteiger partial charge in [0, 0.05) is 33.7 Å². The van der Waals surface area contributed by atoms with Crippen LogP contribution in [0.15, 0.2) is 233 Å². The van der Waals surface area contributed by atoms with Gasteiger partial charge in [-0.3, -0.25) is 48.2 Å². The normalized spacial score (nSPS) is 35.2. The number of hydrogen-bond acceptors (Lipinski definition) is 12. The molecule has 12 bridgehead atoms. The molecule has 4 aliphatic heterocycles. The summed E-state index contributed by atoms with van der Waals surface area (Å²) in [5.74, 6) is 7.06. The molecule has 0 N–H and O–H groups in total. The fourth-order valence-electron chi connectivity index (χ4n) is 27.1. The first-order valence-electron chi connectivity index (χ1n) is 40.9. The van der Waals surface area contributed by atoms with Crippen LogP contribution < -0.4 is 24.2 Å². The topological polar surface area (TPSA) is 194 Å². The number of methoxy groups -OCH3 is 2. The molecule has 12 fully saturated rings. The van der Waals surface area contributed by atoms with Crippen molar-refractivity contribution in [2.24, 2.45) is 142 Å². The Morgan fingerprint density at radius 3 is 1.09 bits per heavy atom. The molecule has 560 valence electrons. The summed E-state index contributed by atoms with van der Waals surface area (Å²) in [6, 6.07) is 57.1. The van der Waals surface area contributed by atoms with E-state index in [2.05, 4.69) is 85.0 Å². The number of amides is 8. The van der Waals surface area contributed by atoms with Crippen LogP contribution in [0.25, 0.3) is 66.1 Å². The minimum atomic E-state index is -0.266. The molecule has 16 heteroatoms. The predicted octanol–water partition coefficient (Wildman–Crippen LogP) is 16.8. The van der Waals surface area contributed by atoms with E-state index in [0.717, 1.165) is 97.5 Å². The average Bonchev–Trinajstić information content (AvgIpc) is 1.52. The van der Waals surface area contributed by atoms with Gasteiger partial charge in [0.25, 0.3) is 0 Å². The molecule has 17 aliphatic rings. The number of hydrogen-bond donors (Lipinski definition) is 0. The monoisotopic (exact) mass is 1490 g/mol. The molecule has 24 unspecified atom stereocenters. The van der Waals surface area contributed by atoms with Crippen LogP contribution in [0.1, 0.15) is 55.7 Å². The number of ether oxygens (including phenoxy) is 2. The lowest BCUT2D eigenvalue weighted by molar-refractivity contribution is -0.143. The highest BCUT2D eigenvalue weighted by molar-refractivity contribution is 6.26. The lowest BCUT2D eigenvalue weighted by Crippen LogP contribution is -2.38. The van der Waals surface area contributed by atoms with Gasteiger partial charge in [-0.05, 0) is 203 Å². The quantitative estimate of drug-likeness (QED) is 0.0833. The molecular weight excluding hydrogens is 1410 g/mol. The van der Waals surface area contributed by atoms with Gasteiger partial charge in [-0.15, -0.1) is 0 Å². The molecule has 0 spiro atoms. The maximum Gasteiger partial charge on any atom is 0.238 e. The molecule has 10 aromatic rings. The summed E-state index contributed by atoms with van der Waals surface area (Å²) in [5.41, 5.74) is 11.2. The van der Waals surface area contributed by atoms with Crippen molar-refractivity contribution < 1.29 is 56.7 Å². The summed E-state index contributed by atoms with van der Waals surface area (Å²) in [5, 5.41) is 3.82. The van der Waals surface area contributed by atoms with Gasteiger partial charge in [0.1, 0.15) is 33.8 Å². The Kier molecular flexibility index (Phi) is 14.1. The number of para-hydroxylation sites is 2. The molecule has 6 heterocycles. The third-order valence-electron chi connectivity index (χ3n) is 31.0. The molecule has 27 rings (SSSR count). The highest BCUT2D eigenvalue weighted by atomic mass is 16.5. The number of rotatable bonds is 7. The number of allylic oxidation sites excluding steroid dienone is 8. The average molecular weight is 1490 g/mol. The Hall–Kier alpha value is -11.5. The minimum Gasteiger partial charge on any atom is -0.495 e. The summed E-state index contributed by atoms with van der Waals surface area (Å²) in [7, 11) is 3.15. The second-order valence-electron chi connectivity index (χ2n) is 35.2. The van der Waals surface area contributed by atoms with Crippen molar-refractivity contribution in [1.29, 1.82) is 0 Å². The summed E-state index contributed by atoms with van der Waals surface area (Å²) >= 11 is 0. The summed E-state index contributed by atoms with van der Waals surface area (Å²) in [4.78, 5) is 113. The Balaban J connectivity index is 0.0000000876. The molecular formula is C97H80N4O12. The van der Waals surface area contributed by atoms with Crippen molar-refractivity contribution in [3.05, 3.63) is 236 Å². The summed E-state index contributed by atoms with van der Waals surface area (Å²) in [6.45, 7) is 0. The third kappa shape index (κ3) is 8.92. The Bertz CT molecular complexity index is 5870. The minimum absolute atomic E-state index is 0.0309. The van der Waals surface area contributed by atoms with Gasteiger partial charge in [0.2, 0.25) is 47.3 Å². The third-order valence-corrected chi connectivity index (χ3v) is 31.0. The van der Waals surface area contributed by atoms with E-state index in [1.54, 1.807) is 25.2 Å². The van der Waals surface area contributed by atoms with Crippen LogP contribution in [-0.2, 0) is 38.4 Å².